The lowest BCUT2D eigenvalue weighted by molar-refractivity contribution is 0.0606. The van der Waals surface area contributed by atoms with Crippen LogP contribution in [0.3, 0.4) is 0 Å². The molecule has 0 saturated heterocycles. The summed E-state index contributed by atoms with van der Waals surface area (Å²) in [5, 5.41) is 9.25. The summed E-state index contributed by atoms with van der Waals surface area (Å²) < 4.78 is 4.61. The van der Waals surface area contributed by atoms with Crippen molar-refractivity contribution in [2.45, 2.75) is 12.3 Å². The van der Waals surface area contributed by atoms with Crippen LogP contribution in [0.25, 0.3) is 0 Å². The number of thiophene rings is 1. The number of hydrogen-bond donors (Lipinski definition) is 2. The van der Waals surface area contributed by atoms with Gasteiger partial charge < -0.3 is 15.6 Å². The van der Waals surface area contributed by atoms with Gasteiger partial charge >= 0.3 is 5.97 Å². The van der Waals surface area contributed by atoms with Gasteiger partial charge in [-0.1, -0.05) is 6.92 Å². The van der Waals surface area contributed by atoms with Gasteiger partial charge in [-0.15, -0.1) is 11.3 Å². The first-order valence-corrected chi connectivity index (χ1v) is 5.38. The third-order valence-electron chi connectivity index (χ3n) is 2.39. The topological polar surface area (TPSA) is 72.5 Å². The average Bonchev–Trinajstić information content (AvgIpc) is 2.76. The molecule has 0 fully saturated rings. The van der Waals surface area contributed by atoms with Crippen molar-refractivity contribution in [2.24, 2.45) is 5.73 Å². The standard InChI is InChI=1S/C10H15NO3S/c1-10(5-11,6-12)8-4-3-7(15-8)9(13)14-2/h3-4,12H,5-6,11H2,1-2H3. The van der Waals surface area contributed by atoms with Gasteiger partial charge in [0.2, 0.25) is 0 Å². The molecule has 1 unspecified atom stereocenters. The van der Waals surface area contributed by atoms with E-state index in [0.29, 0.717) is 11.4 Å². The summed E-state index contributed by atoms with van der Waals surface area (Å²) in [7, 11) is 1.34. The predicted molar refractivity (Wildman–Crippen MR) is 59.2 cm³/mol. The Hall–Kier alpha value is -0.910. The van der Waals surface area contributed by atoms with Crippen LogP contribution in [0.5, 0.6) is 0 Å². The van der Waals surface area contributed by atoms with Crippen LogP contribution < -0.4 is 5.73 Å². The smallest absolute Gasteiger partial charge is 0.348 e. The minimum atomic E-state index is -0.475. The Balaban J connectivity index is 2.97. The van der Waals surface area contributed by atoms with Crippen molar-refractivity contribution in [1.82, 2.24) is 0 Å². The molecule has 0 aliphatic heterocycles. The van der Waals surface area contributed by atoms with Gasteiger partial charge in [-0.05, 0) is 12.1 Å². The Labute approximate surface area is 92.7 Å². The van der Waals surface area contributed by atoms with Gasteiger partial charge in [0.1, 0.15) is 4.88 Å². The van der Waals surface area contributed by atoms with Crippen molar-refractivity contribution < 1.29 is 14.6 Å². The van der Waals surface area contributed by atoms with Crippen LogP contribution in [0.1, 0.15) is 21.5 Å². The molecular weight excluding hydrogens is 214 g/mol. The van der Waals surface area contributed by atoms with Crippen molar-refractivity contribution in [2.75, 3.05) is 20.3 Å². The number of aliphatic hydroxyl groups is 1. The van der Waals surface area contributed by atoms with Gasteiger partial charge in [-0.3, -0.25) is 0 Å². The number of rotatable bonds is 4. The van der Waals surface area contributed by atoms with E-state index in [4.69, 9.17) is 5.73 Å². The number of methoxy groups -OCH3 is 1. The van der Waals surface area contributed by atoms with E-state index >= 15 is 0 Å². The van der Waals surface area contributed by atoms with Crippen LogP contribution in [0.4, 0.5) is 0 Å². The van der Waals surface area contributed by atoms with Crippen molar-refractivity contribution in [3.05, 3.63) is 21.9 Å². The SMILES string of the molecule is COC(=O)c1ccc(C(C)(CN)CO)s1. The molecule has 1 aromatic rings. The maximum Gasteiger partial charge on any atom is 0.348 e. The summed E-state index contributed by atoms with van der Waals surface area (Å²) in [6, 6.07) is 3.50. The molecule has 1 atom stereocenters. The summed E-state index contributed by atoms with van der Waals surface area (Å²) in [4.78, 5) is 12.6. The van der Waals surface area contributed by atoms with Crippen molar-refractivity contribution >= 4 is 17.3 Å². The fraction of sp³-hybridized carbons (Fsp3) is 0.500. The molecule has 15 heavy (non-hydrogen) atoms. The molecule has 1 aromatic heterocycles. The van der Waals surface area contributed by atoms with Crippen LogP contribution >= 0.6 is 11.3 Å². The quantitative estimate of drug-likeness (QED) is 0.747. The Morgan fingerprint density at radius 2 is 2.33 bits per heavy atom. The number of nitrogens with two attached hydrogens (primary N) is 1. The molecule has 1 rings (SSSR count). The van der Waals surface area contributed by atoms with Crippen LogP contribution in [-0.2, 0) is 10.2 Å². The fourth-order valence-electron chi connectivity index (χ4n) is 1.12. The van der Waals surface area contributed by atoms with Gasteiger partial charge in [-0.2, -0.15) is 0 Å². The number of carbonyl (C=O) groups excluding carboxylic acids is 1. The highest BCUT2D eigenvalue weighted by Crippen LogP contribution is 2.29. The van der Waals surface area contributed by atoms with Gasteiger partial charge in [-0.25, -0.2) is 4.79 Å². The molecule has 4 nitrogen and oxygen atoms in total. The average molecular weight is 229 g/mol. The number of aliphatic hydroxyl groups excluding tert-OH is 1. The summed E-state index contributed by atoms with van der Waals surface area (Å²) >= 11 is 1.31. The summed E-state index contributed by atoms with van der Waals surface area (Å²) in [6.07, 6.45) is 0. The predicted octanol–water partition coefficient (Wildman–Crippen LogP) is 0.743. The molecule has 0 radical (unpaired) electrons. The highest BCUT2D eigenvalue weighted by atomic mass is 32.1. The first kappa shape index (κ1) is 12.2. The molecule has 3 N–H and O–H groups in total. The van der Waals surface area contributed by atoms with E-state index in [2.05, 4.69) is 4.74 Å². The number of hydrogen-bond acceptors (Lipinski definition) is 5. The van der Waals surface area contributed by atoms with E-state index in [0.717, 1.165) is 4.88 Å². The molecule has 0 amide bonds. The van der Waals surface area contributed by atoms with Gasteiger partial charge in [0.15, 0.2) is 0 Å². The molecule has 5 heteroatoms. The zero-order valence-corrected chi connectivity index (χ0v) is 9.63. The largest absolute Gasteiger partial charge is 0.465 e. The lowest BCUT2D eigenvalue weighted by atomic mass is 9.90. The van der Waals surface area contributed by atoms with E-state index < -0.39 is 5.41 Å². The maximum atomic E-state index is 11.2. The lowest BCUT2D eigenvalue weighted by Crippen LogP contribution is -2.34. The molecule has 0 aromatic carbocycles. The highest BCUT2D eigenvalue weighted by molar-refractivity contribution is 7.14. The third kappa shape index (κ3) is 2.37. The molecule has 1 heterocycles. The molecule has 0 aliphatic rings. The van der Waals surface area contributed by atoms with Crippen LogP contribution in [-0.4, -0.2) is 31.3 Å². The maximum absolute atomic E-state index is 11.2. The molecule has 0 aliphatic carbocycles. The number of ether oxygens (including phenoxy) is 1. The second-order valence-electron chi connectivity index (χ2n) is 3.58. The Morgan fingerprint density at radius 1 is 1.67 bits per heavy atom. The zero-order valence-electron chi connectivity index (χ0n) is 8.82. The third-order valence-corrected chi connectivity index (χ3v) is 3.76. The van der Waals surface area contributed by atoms with Gasteiger partial charge in [0.25, 0.3) is 0 Å². The van der Waals surface area contributed by atoms with Crippen molar-refractivity contribution in [1.29, 1.82) is 0 Å². The van der Waals surface area contributed by atoms with E-state index in [1.54, 1.807) is 12.1 Å². The second kappa shape index (κ2) is 4.74. The second-order valence-corrected chi connectivity index (χ2v) is 4.66. The van der Waals surface area contributed by atoms with Crippen LogP contribution in [0.2, 0.25) is 0 Å². The molecule has 0 spiro atoms. The Morgan fingerprint density at radius 3 is 2.80 bits per heavy atom. The molecule has 0 saturated carbocycles. The normalized spacial score (nSPS) is 14.7. The van der Waals surface area contributed by atoms with Crippen molar-refractivity contribution in [3.8, 4) is 0 Å². The summed E-state index contributed by atoms with van der Waals surface area (Å²) in [5.74, 6) is -0.358. The summed E-state index contributed by atoms with van der Waals surface area (Å²) in [5.41, 5.74) is 5.12. The van der Waals surface area contributed by atoms with E-state index in [1.165, 1.54) is 18.4 Å². The number of carbonyl (C=O) groups is 1. The van der Waals surface area contributed by atoms with E-state index in [-0.39, 0.29) is 12.6 Å². The first-order chi connectivity index (χ1) is 7.07. The van der Waals surface area contributed by atoms with E-state index in [1.807, 2.05) is 6.92 Å². The Kier molecular flexibility index (Phi) is 3.84. The van der Waals surface area contributed by atoms with Crippen LogP contribution in [0.15, 0.2) is 12.1 Å². The van der Waals surface area contributed by atoms with E-state index in [9.17, 15) is 9.90 Å². The summed E-state index contributed by atoms with van der Waals surface area (Å²) in [6.45, 7) is 2.16. The number of esters is 1. The lowest BCUT2D eigenvalue weighted by Gasteiger charge is -2.23. The molecular formula is C10H15NO3S. The van der Waals surface area contributed by atoms with Crippen LogP contribution in [0, 0.1) is 0 Å². The first-order valence-electron chi connectivity index (χ1n) is 4.57. The monoisotopic (exact) mass is 229 g/mol. The Bertz CT molecular complexity index is 344. The molecule has 84 valence electrons. The van der Waals surface area contributed by atoms with Crippen molar-refractivity contribution in [3.63, 3.8) is 0 Å². The van der Waals surface area contributed by atoms with Gasteiger partial charge in [0, 0.05) is 16.8 Å². The fourth-order valence-corrected chi connectivity index (χ4v) is 2.19. The molecule has 0 bridgehead atoms. The zero-order chi connectivity index (χ0) is 11.5. The van der Waals surface area contributed by atoms with Gasteiger partial charge in [0.05, 0.1) is 13.7 Å². The minimum absolute atomic E-state index is 0.0371. The highest BCUT2D eigenvalue weighted by Gasteiger charge is 2.26. The minimum Gasteiger partial charge on any atom is -0.465 e.